The number of carbonyl (C=O) groups excluding carboxylic acids is 1. The molecule has 34 heavy (non-hydrogen) atoms. The van der Waals surface area contributed by atoms with Crippen LogP contribution in [0.5, 0.6) is 17.2 Å². The van der Waals surface area contributed by atoms with E-state index in [1.807, 2.05) is 30.3 Å². The van der Waals surface area contributed by atoms with Crippen molar-refractivity contribution in [2.24, 2.45) is 0 Å². The number of hydrogen-bond donors (Lipinski definition) is 0. The predicted molar refractivity (Wildman–Crippen MR) is 122 cm³/mol. The molecule has 3 aromatic carbocycles. The first-order valence-electron chi connectivity index (χ1n) is 10.4. The quantitative estimate of drug-likeness (QED) is 0.266. The smallest absolute Gasteiger partial charge is 0.416 e. The van der Waals surface area contributed by atoms with Crippen LogP contribution in [0, 0.1) is 0 Å². The molecule has 0 aromatic heterocycles. The van der Waals surface area contributed by atoms with Gasteiger partial charge in [0, 0.05) is 11.6 Å². The Balaban J connectivity index is 1.46. The first-order valence-corrected chi connectivity index (χ1v) is 11.9. The van der Waals surface area contributed by atoms with Crippen LogP contribution in [0.15, 0.2) is 78.9 Å². The molecule has 0 saturated heterocycles. The van der Waals surface area contributed by atoms with Crippen LogP contribution in [-0.2, 0) is 32.6 Å². The Morgan fingerprint density at radius 2 is 1.62 bits per heavy atom. The Kier molecular flexibility index (Phi) is 8.84. The second kappa shape index (κ2) is 11.8. The standard InChI is InChI=1S/C25H23F3O5S/c1-18(24(29)31-14-15-34(30)17-19-6-3-2-4-7-19)32-22-8-5-9-23(16-22)33-21-12-10-20(11-13-21)25(26,27)28/h2-13,16,18H,14-15,17H2,1H3. The van der Waals surface area contributed by atoms with E-state index >= 15 is 0 Å². The van der Waals surface area contributed by atoms with Gasteiger partial charge in [0.15, 0.2) is 6.10 Å². The Bertz CT molecular complexity index is 1060. The van der Waals surface area contributed by atoms with Crippen molar-refractivity contribution >= 4 is 17.1 Å². The topological polar surface area (TPSA) is 67.8 Å². The summed E-state index contributed by atoms with van der Waals surface area (Å²) in [6.07, 6.45) is -5.35. The molecule has 5 nitrogen and oxygen atoms in total. The van der Waals surface area contributed by atoms with Crippen molar-refractivity contribution in [1.29, 1.82) is 0 Å². The van der Waals surface area contributed by atoms with Crippen LogP contribution in [-0.4, -0.2) is 29.0 Å². The number of benzene rings is 3. The highest BCUT2D eigenvalue weighted by atomic mass is 32.2. The first-order chi connectivity index (χ1) is 16.2. The summed E-state index contributed by atoms with van der Waals surface area (Å²) < 4.78 is 66.5. The van der Waals surface area contributed by atoms with Crippen LogP contribution in [0.25, 0.3) is 0 Å². The van der Waals surface area contributed by atoms with Crippen molar-refractivity contribution in [3.63, 3.8) is 0 Å². The van der Waals surface area contributed by atoms with Gasteiger partial charge in [-0.1, -0.05) is 36.4 Å². The number of ether oxygens (including phenoxy) is 3. The molecule has 0 aliphatic rings. The fourth-order valence-corrected chi connectivity index (χ4v) is 3.87. The van der Waals surface area contributed by atoms with Gasteiger partial charge in [0.25, 0.3) is 0 Å². The molecular formula is C25H23F3O5S. The number of rotatable bonds is 10. The molecule has 2 atom stereocenters. The number of esters is 1. The normalized spacial score (nSPS) is 13.1. The van der Waals surface area contributed by atoms with Gasteiger partial charge in [0.2, 0.25) is 0 Å². The van der Waals surface area contributed by atoms with Crippen molar-refractivity contribution in [2.45, 2.75) is 25.0 Å². The summed E-state index contributed by atoms with van der Waals surface area (Å²) in [5.41, 5.74) is 0.176. The summed E-state index contributed by atoms with van der Waals surface area (Å²) in [7, 11) is 0. The molecular weight excluding hydrogens is 469 g/mol. The third-order valence-corrected chi connectivity index (χ3v) is 5.87. The zero-order chi connectivity index (χ0) is 24.6. The van der Waals surface area contributed by atoms with Gasteiger partial charge in [0.05, 0.1) is 5.56 Å². The van der Waals surface area contributed by atoms with Gasteiger partial charge in [-0.3, -0.25) is 0 Å². The molecule has 0 fully saturated rings. The second-order valence-corrected chi connectivity index (χ2v) is 8.88. The fraction of sp³-hybridized carbons (Fsp3) is 0.240. The Hall–Kier alpha value is -3.17. The average Bonchev–Trinajstić information content (AvgIpc) is 2.79. The number of hydrogen-bond acceptors (Lipinski definition) is 5. The molecule has 9 heteroatoms. The van der Waals surface area contributed by atoms with Gasteiger partial charge >= 0.3 is 12.1 Å². The van der Waals surface area contributed by atoms with Gasteiger partial charge < -0.3 is 18.8 Å². The third kappa shape index (κ3) is 8.00. The van der Waals surface area contributed by atoms with Crippen molar-refractivity contribution in [3.8, 4) is 17.2 Å². The molecule has 2 unspecified atom stereocenters. The maximum Gasteiger partial charge on any atom is 0.416 e. The Morgan fingerprint density at radius 1 is 0.941 bits per heavy atom. The lowest BCUT2D eigenvalue weighted by Crippen LogP contribution is -2.28. The SMILES string of the molecule is CC(Oc1cccc(Oc2ccc(C(F)(F)F)cc2)c1)C(=O)OCC[S+]([O-])Cc1ccccc1. The van der Waals surface area contributed by atoms with Crippen LogP contribution in [0.2, 0.25) is 0 Å². The van der Waals surface area contributed by atoms with Crippen LogP contribution < -0.4 is 9.47 Å². The summed E-state index contributed by atoms with van der Waals surface area (Å²) in [5.74, 6) is 0.863. The van der Waals surface area contributed by atoms with E-state index in [2.05, 4.69) is 0 Å². The minimum atomic E-state index is -4.42. The van der Waals surface area contributed by atoms with Gasteiger partial charge in [0.1, 0.15) is 35.4 Å². The molecule has 3 rings (SSSR count). The zero-order valence-electron chi connectivity index (χ0n) is 18.3. The fourth-order valence-electron chi connectivity index (χ4n) is 2.90. The Labute approximate surface area is 198 Å². The number of halogens is 3. The monoisotopic (exact) mass is 492 g/mol. The summed E-state index contributed by atoms with van der Waals surface area (Å²) >= 11 is -1.16. The van der Waals surface area contributed by atoms with E-state index in [0.717, 1.165) is 17.7 Å². The van der Waals surface area contributed by atoms with E-state index in [9.17, 15) is 22.5 Å². The maximum atomic E-state index is 12.7. The number of carbonyl (C=O) groups is 1. The van der Waals surface area contributed by atoms with Gasteiger partial charge in [-0.15, -0.1) is 0 Å². The van der Waals surface area contributed by atoms with Gasteiger partial charge in [-0.05, 0) is 54.5 Å². The van der Waals surface area contributed by atoms with Crippen molar-refractivity contribution in [1.82, 2.24) is 0 Å². The van der Waals surface area contributed by atoms with E-state index in [-0.39, 0.29) is 18.1 Å². The van der Waals surface area contributed by atoms with Crippen LogP contribution in [0.3, 0.4) is 0 Å². The lowest BCUT2D eigenvalue weighted by molar-refractivity contribution is -0.150. The minimum absolute atomic E-state index is 0.00303. The molecule has 3 aromatic rings. The largest absolute Gasteiger partial charge is 0.616 e. The van der Waals surface area contributed by atoms with Gasteiger partial charge in [-0.2, -0.15) is 13.2 Å². The molecule has 0 aliphatic carbocycles. The predicted octanol–water partition coefficient (Wildman–Crippen LogP) is 5.76. The van der Waals surface area contributed by atoms with E-state index in [1.165, 1.54) is 25.1 Å². The van der Waals surface area contributed by atoms with Gasteiger partial charge in [-0.25, -0.2) is 4.79 Å². The van der Waals surface area contributed by atoms with Crippen LogP contribution in [0.4, 0.5) is 13.2 Å². The molecule has 0 spiro atoms. The molecule has 0 N–H and O–H groups in total. The Morgan fingerprint density at radius 3 is 2.29 bits per heavy atom. The summed E-state index contributed by atoms with van der Waals surface area (Å²) in [6, 6.07) is 20.0. The zero-order valence-corrected chi connectivity index (χ0v) is 19.1. The van der Waals surface area contributed by atoms with Crippen molar-refractivity contribution < 1.29 is 36.7 Å². The molecule has 0 amide bonds. The van der Waals surface area contributed by atoms with Crippen LogP contribution in [0.1, 0.15) is 18.1 Å². The van der Waals surface area contributed by atoms with Crippen molar-refractivity contribution in [3.05, 3.63) is 90.0 Å². The third-order valence-electron chi connectivity index (χ3n) is 4.59. The summed E-state index contributed by atoms with van der Waals surface area (Å²) in [4.78, 5) is 12.2. The minimum Gasteiger partial charge on any atom is -0.616 e. The molecule has 0 heterocycles. The summed E-state index contributed by atoms with van der Waals surface area (Å²) in [6.45, 7) is 1.52. The second-order valence-electron chi connectivity index (χ2n) is 7.30. The molecule has 0 saturated carbocycles. The van der Waals surface area contributed by atoms with E-state index in [0.29, 0.717) is 17.3 Å². The maximum absolute atomic E-state index is 12.7. The summed E-state index contributed by atoms with van der Waals surface area (Å²) in [5, 5.41) is 0. The van der Waals surface area contributed by atoms with E-state index < -0.39 is 35.0 Å². The molecule has 180 valence electrons. The molecule has 0 aliphatic heterocycles. The van der Waals surface area contributed by atoms with Crippen molar-refractivity contribution in [2.75, 3.05) is 12.4 Å². The first kappa shape index (κ1) is 25.5. The number of alkyl halides is 3. The molecule has 0 radical (unpaired) electrons. The highest BCUT2D eigenvalue weighted by molar-refractivity contribution is 7.90. The van der Waals surface area contributed by atoms with E-state index in [1.54, 1.807) is 18.2 Å². The highest BCUT2D eigenvalue weighted by Gasteiger charge is 2.30. The van der Waals surface area contributed by atoms with E-state index in [4.69, 9.17) is 14.2 Å². The lowest BCUT2D eigenvalue weighted by atomic mass is 10.2. The molecule has 0 bridgehead atoms. The highest BCUT2D eigenvalue weighted by Crippen LogP contribution is 2.32. The average molecular weight is 493 g/mol. The lowest BCUT2D eigenvalue weighted by Gasteiger charge is -2.16. The van der Waals surface area contributed by atoms with Crippen LogP contribution >= 0.6 is 0 Å².